The van der Waals surface area contributed by atoms with E-state index in [2.05, 4.69) is 20.8 Å². The number of carbonyl (C=O) groups is 1. The van der Waals surface area contributed by atoms with Gasteiger partial charge in [-0.15, -0.1) is 0 Å². The summed E-state index contributed by atoms with van der Waals surface area (Å²) in [6.45, 7) is 9.14. The van der Waals surface area contributed by atoms with Gasteiger partial charge in [0.2, 0.25) is 0 Å². The summed E-state index contributed by atoms with van der Waals surface area (Å²) in [4.78, 5) is 12.5. The number of carboxylic acid groups (broad SMARTS) is 1. The zero-order valence-corrected chi connectivity index (χ0v) is 11.7. The maximum absolute atomic E-state index is 11.1. The number of likely N-dealkylation sites (tertiary alicyclic amines) is 1. The number of aliphatic hydroxyl groups is 1. The van der Waals surface area contributed by atoms with Crippen LogP contribution in [0.3, 0.4) is 0 Å². The molecule has 0 aliphatic carbocycles. The van der Waals surface area contributed by atoms with Gasteiger partial charge in [0, 0.05) is 19.0 Å². The highest BCUT2D eigenvalue weighted by atomic mass is 16.5. The monoisotopic (exact) mass is 259 g/mol. The van der Waals surface area contributed by atoms with Crippen molar-refractivity contribution in [1.29, 1.82) is 0 Å². The second-order valence-corrected chi connectivity index (χ2v) is 6.16. The molecule has 0 radical (unpaired) electrons. The second-order valence-electron chi connectivity index (χ2n) is 6.16. The Balaban J connectivity index is 2.75. The van der Waals surface area contributed by atoms with Gasteiger partial charge in [-0.1, -0.05) is 20.8 Å². The van der Waals surface area contributed by atoms with E-state index in [-0.39, 0.29) is 30.1 Å². The quantitative estimate of drug-likeness (QED) is 0.811. The molecule has 1 saturated heterocycles. The van der Waals surface area contributed by atoms with E-state index < -0.39 is 6.09 Å². The van der Waals surface area contributed by atoms with Crippen LogP contribution in [0.15, 0.2) is 0 Å². The number of amides is 1. The fourth-order valence-electron chi connectivity index (χ4n) is 2.44. The van der Waals surface area contributed by atoms with Crippen molar-refractivity contribution in [3.8, 4) is 0 Å². The van der Waals surface area contributed by atoms with Crippen molar-refractivity contribution in [2.24, 2.45) is 11.3 Å². The third-order valence-corrected chi connectivity index (χ3v) is 3.60. The minimum atomic E-state index is -0.863. The summed E-state index contributed by atoms with van der Waals surface area (Å²) in [5.41, 5.74) is -0.0199. The minimum absolute atomic E-state index is 0.00396. The summed E-state index contributed by atoms with van der Waals surface area (Å²) >= 11 is 0. The Labute approximate surface area is 109 Å². The molecule has 0 spiro atoms. The van der Waals surface area contributed by atoms with Gasteiger partial charge in [-0.25, -0.2) is 4.79 Å². The van der Waals surface area contributed by atoms with E-state index in [0.717, 1.165) is 0 Å². The summed E-state index contributed by atoms with van der Waals surface area (Å²) in [7, 11) is 0. The first-order chi connectivity index (χ1) is 8.25. The number of hydrogen-bond acceptors (Lipinski definition) is 3. The Kier molecular flexibility index (Phi) is 4.99. The molecular formula is C13H25NO4. The number of ether oxygens (including phenoxy) is 1. The standard InChI is InChI=1S/C13H25NO4/c1-9(8-15)18-11-5-6-14(12(16)17)7-10(11)13(2,3)4/h9-11,15H,5-8H2,1-4H3,(H,16,17)/t9-,10-,11-/m1/s1. The molecule has 1 rings (SSSR count). The lowest BCUT2D eigenvalue weighted by molar-refractivity contribution is -0.104. The Morgan fingerprint density at radius 3 is 2.56 bits per heavy atom. The van der Waals surface area contributed by atoms with Crippen molar-refractivity contribution in [1.82, 2.24) is 4.90 Å². The maximum atomic E-state index is 11.1. The Morgan fingerprint density at radius 2 is 2.11 bits per heavy atom. The van der Waals surface area contributed by atoms with Crippen molar-refractivity contribution < 1.29 is 19.7 Å². The van der Waals surface area contributed by atoms with Crippen LogP contribution in [-0.2, 0) is 4.74 Å². The molecule has 5 heteroatoms. The normalized spacial score (nSPS) is 27.1. The van der Waals surface area contributed by atoms with E-state index in [1.54, 1.807) is 0 Å². The van der Waals surface area contributed by atoms with E-state index >= 15 is 0 Å². The van der Waals surface area contributed by atoms with E-state index in [0.29, 0.717) is 19.5 Å². The van der Waals surface area contributed by atoms with Gasteiger partial charge in [0.25, 0.3) is 0 Å². The lowest BCUT2D eigenvalue weighted by atomic mass is 9.74. The first-order valence-corrected chi connectivity index (χ1v) is 6.50. The van der Waals surface area contributed by atoms with Crippen LogP contribution in [-0.4, -0.2) is 53.1 Å². The molecule has 0 saturated carbocycles. The highest BCUT2D eigenvalue weighted by Gasteiger charge is 2.39. The van der Waals surface area contributed by atoms with Crippen molar-refractivity contribution in [3.63, 3.8) is 0 Å². The topological polar surface area (TPSA) is 70.0 Å². The largest absolute Gasteiger partial charge is 0.465 e. The van der Waals surface area contributed by atoms with E-state index in [9.17, 15) is 4.79 Å². The van der Waals surface area contributed by atoms with Gasteiger partial charge < -0.3 is 19.8 Å². The second kappa shape index (κ2) is 5.89. The van der Waals surface area contributed by atoms with Crippen LogP contribution in [0.25, 0.3) is 0 Å². The number of aliphatic hydroxyl groups excluding tert-OH is 1. The average Bonchev–Trinajstić information content (AvgIpc) is 2.27. The molecule has 0 aromatic carbocycles. The van der Waals surface area contributed by atoms with E-state index in [4.69, 9.17) is 14.9 Å². The molecule has 1 amide bonds. The lowest BCUT2D eigenvalue weighted by Gasteiger charge is -2.44. The van der Waals surface area contributed by atoms with Gasteiger partial charge in [-0.2, -0.15) is 0 Å². The number of piperidine rings is 1. The summed E-state index contributed by atoms with van der Waals surface area (Å²) in [6.07, 6.45) is -0.352. The maximum Gasteiger partial charge on any atom is 0.407 e. The molecule has 0 aromatic rings. The Bertz CT molecular complexity index is 287. The van der Waals surface area contributed by atoms with Crippen molar-refractivity contribution in [3.05, 3.63) is 0 Å². The molecule has 2 N–H and O–H groups in total. The first-order valence-electron chi connectivity index (χ1n) is 6.50. The molecule has 1 fully saturated rings. The summed E-state index contributed by atoms with van der Waals surface area (Å²) < 4.78 is 5.84. The van der Waals surface area contributed by atoms with Gasteiger partial charge in [0.15, 0.2) is 0 Å². The van der Waals surface area contributed by atoms with Gasteiger partial charge >= 0.3 is 6.09 Å². The van der Waals surface area contributed by atoms with Crippen LogP contribution < -0.4 is 0 Å². The van der Waals surface area contributed by atoms with Crippen molar-refractivity contribution >= 4 is 6.09 Å². The van der Waals surface area contributed by atoms with Gasteiger partial charge in [0.1, 0.15) is 0 Å². The third kappa shape index (κ3) is 3.85. The smallest absolute Gasteiger partial charge is 0.407 e. The summed E-state index contributed by atoms with van der Waals surface area (Å²) in [5.74, 6) is 0.149. The van der Waals surface area contributed by atoms with Crippen LogP contribution in [0.5, 0.6) is 0 Å². The highest BCUT2D eigenvalue weighted by Crippen LogP contribution is 2.35. The number of nitrogens with zero attached hydrogens (tertiary/aromatic N) is 1. The molecule has 18 heavy (non-hydrogen) atoms. The van der Waals surface area contributed by atoms with Crippen molar-refractivity contribution in [2.75, 3.05) is 19.7 Å². The summed E-state index contributed by atoms with van der Waals surface area (Å²) in [6, 6.07) is 0. The Hall–Kier alpha value is -0.810. The molecule has 1 aliphatic rings. The molecule has 1 heterocycles. The van der Waals surface area contributed by atoms with Crippen molar-refractivity contribution in [2.45, 2.75) is 46.3 Å². The minimum Gasteiger partial charge on any atom is -0.465 e. The van der Waals surface area contributed by atoms with Gasteiger partial charge in [0.05, 0.1) is 18.8 Å². The van der Waals surface area contributed by atoms with Crippen LogP contribution in [0.2, 0.25) is 0 Å². The molecule has 0 unspecified atom stereocenters. The summed E-state index contributed by atoms with van der Waals surface area (Å²) in [5, 5.41) is 18.1. The fourth-order valence-corrected chi connectivity index (χ4v) is 2.44. The van der Waals surface area contributed by atoms with Gasteiger partial charge in [-0.3, -0.25) is 0 Å². The van der Waals surface area contributed by atoms with Crippen LogP contribution >= 0.6 is 0 Å². The van der Waals surface area contributed by atoms with Crippen LogP contribution in [0.4, 0.5) is 4.79 Å². The van der Waals surface area contributed by atoms with Crippen LogP contribution in [0.1, 0.15) is 34.1 Å². The average molecular weight is 259 g/mol. The highest BCUT2D eigenvalue weighted by molar-refractivity contribution is 5.65. The molecule has 3 atom stereocenters. The number of hydrogen-bond donors (Lipinski definition) is 2. The van der Waals surface area contributed by atoms with E-state index in [1.807, 2.05) is 6.92 Å². The SMILES string of the molecule is C[C@H](CO)O[C@@H]1CCN(C(=O)O)C[C@H]1C(C)(C)C. The molecule has 1 aliphatic heterocycles. The molecule has 0 aromatic heterocycles. The predicted molar refractivity (Wildman–Crippen MR) is 68.6 cm³/mol. The van der Waals surface area contributed by atoms with E-state index in [1.165, 1.54) is 4.90 Å². The Morgan fingerprint density at radius 1 is 1.50 bits per heavy atom. The predicted octanol–water partition coefficient (Wildman–Crippen LogP) is 1.80. The van der Waals surface area contributed by atoms with Gasteiger partial charge in [-0.05, 0) is 18.8 Å². The van der Waals surface area contributed by atoms with Crippen LogP contribution in [0, 0.1) is 11.3 Å². The molecule has 106 valence electrons. The molecule has 5 nitrogen and oxygen atoms in total. The first kappa shape index (κ1) is 15.2. The molecular weight excluding hydrogens is 234 g/mol. The number of rotatable bonds is 3. The lowest BCUT2D eigenvalue weighted by Crippen LogP contribution is -2.51. The fraction of sp³-hybridized carbons (Fsp3) is 0.923. The third-order valence-electron chi connectivity index (χ3n) is 3.60. The zero-order chi connectivity index (χ0) is 13.9. The zero-order valence-electron chi connectivity index (χ0n) is 11.7. The molecule has 0 bridgehead atoms.